The van der Waals surface area contributed by atoms with Crippen molar-refractivity contribution in [2.75, 3.05) is 6.54 Å². The molecule has 18 heavy (non-hydrogen) atoms. The fourth-order valence-electron chi connectivity index (χ4n) is 1.18. The average molecular weight is 249 g/mol. The van der Waals surface area contributed by atoms with E-state index in [0.717, 1.165) is 5.69 Å². The number of pyridine rings is 1. The molecule has 0 radical (unpaired) electrons. The highest BCUT2D eigenvalue weighted by Gasteiger charge is 2.22. The third-order valence-electron chi connectivity index (χ3n) is 3.09. The summed E-state index contributed by atoms with van der Waals surface area (Å²) in [4.78, 5) is 8.59. The molecule has 1 aromatic rings. The van der Waals surface area contributed by atoms with Crippen molar-refractivity contribution in [3.63, 3.8) is 0 Å². The van der Waals surface area contributed by atoms with Crippen LogP contribution in [0.25, 0.3) is 0 Å². The van der Waals surface area contributed by atoms with Gasteiger partial charge in [0.15, 0.2) is 5.90 Å². The smallest absolute Gasteiger partial charge is 0.187 e. The first-order valence-electron chi connectivity index (χ1n) is 6.18. The van der Waals surface area contributed by atoms with Crippen molar-refractivity contribution in [1.82, 2.24) is 4.98 Å². The van der Waals surface area contributed by atoms with Crippen molar-refractivity contribution in [3.8, 4) is 5.75 Å². The van der Waals surface area contributed by atoms with E-state index in [-0.39, 0.29) is 11.5 Å². The van der Waals surface area contributed by atoms with Crippen LogP contribution in [0.15, 0.2) is 23.3 Å². The Morgan fingerprint density at radius 3 is 2.67 bits per heavy atom. The maximum atomic E-state index is 5.91. The lowest BCUT2D eigenvalue weighted by atomic mass is 9.86. The predicted molar refractivity (Wildman–Crippen MR) is 75.0 cm³/mol. The van der Waals surface area contributed by atoms with Gasteiger partial charge in [-0.1, -0.05) is 13.8 Å². The Labute approximate surface area is 109 Å². The number of aryl methyl sites for hydroxylation is 1. The highest BCUT2D eigenvalue weighted by Crippen LogP contribution is 2.19. The molecule has 0 saturated heterocycles. The van der Waals surface area contributed by atoms with E-state index in [1.165, 1.54) is 0 Å². The molecule has 0 fully saturated rings. The molecule has 100 valence electrons. The molecule has 1 heterocycles. The maximum Gasteiger partial charge on any atom is 0.187 e. The lowest BCUT2D eigenvalue weighted by molar-refractivity contribution is 0.312. The van der Waals surface area contributed by atoms with Gasteiger partial charge in [0.05, 0.1) is 6.20 Å². The van der Waals surface area contributed by atoms with Gasteiger partial charge < -0.3 is 10.5 Å². The van der Waals surface area contributed by atoms with Crippen LogP contribution < -0.4 is 10.5 Å². The number of ether oxygens (including phenoxy) is 1. The second-order valence-electron chi connectivity index (χ2n) is 5.35. The second-order valence-corrected chi connectivity index (χ2v) is 5.35. The molecule has 4 nitrogen and oxygen atoms in total. The van der Waals surface area contributed by atoms with Crippen LogP contribution in [0.4, 0.5) is 0 Å². The highest BCUT2D eigenvalue weighted by atomic mass is 16.5. The van der Waals surface area contributed by atoms with Crippen LogP contribution in [0, 0.1) is 12.3 Å². The molecule has 0 amide bonds. The Morgan fingerprint density at radius 1 is 1.50 bits per heavy atom. The van der Waals surface area contributed by atoms with Crippen LogP contribution >= 0.6 is 0 Å². The molecule has 0 bridgehead atoms. The summed E-state index contributed by atoms with van der Waals surface area (Å²) in [5, 5.41) is 0. The molecule has 1 aromatic heterocycles. The van der Waals surface area contributed by atoms with Gasteiger partial charge in [0.1, 0.15) is 5.75 Å². The van der Waals surface area contributed by atoms with Crippen LogP contribution in [-0.2, 0) is 0 Å². The molecule has 0 aliphatic rings. The summed E-state index contributed by atoms with van der Waals surface area (Å²) in [6, 6.07) is 3.89. The zero-order valence-corrected chi connectivity index (χ0v) is 11.9. The topological polar surface area (TPSA) is 60.5 Å². The number of rotatable bonds is 4. The molecular formula is C14H23N3O. The standard InChI is InChI=1S/C14H23N3O/c1-10-6-7-13(8-16-10)18-12(3)17-9-14(4,5)11(2)15/h6-8,11H,9,15H2,1-5H3/b17-12+/t11-/m1/s1. The number of nitrogens with two attached hydrogens (primary N) is 1. The fraction of sp³-hybridized carbons (Fsp3) is 0.571. The normalized spacial score (nSPS) is 14.4. The first kappa shape index (κ1) is 14.6. The minimum Gasteiger partial charge on any atom is -0.442 e. The predicted octanol–water partition coefficient (Wildman–Crippen LogP) is 2.56. The van der Waals surface area contributed by atoms with Gasteiger partial charge in [-0.3, -0.25) is 9.98 Å². The zero-order valence-electron chi connectivity index (χ0n) is 11.9. The quantitative estimate of drug-likeness (QED) is 0.659. The van der Waals surface area contributed by atoms with Crippen molar-refractivity contribution in [3.05, 3.63) is 24.0 Å². The Kier molecular flexibility index (Phi) is 4.84. The van der Waals surface area contributed by atoms with E-state index in [1.54, 1.807) is 6.20 Å². The second kappa shape index (κ2) is 5.96. The van der Waals surface area contributed by atoms with Gasteiger partial charge in [-0.15, -0.1) is 0 Å². The summed E-state index contributed by atoms with van der Waals surface area (Å²) in [5.74, 6) is 1.34. The summed E-state index contributed by atoms with van der Waals surface area (Å²) >= 11 is 0. The molecule has 0 aliphatic heterocycles. The molecule has 1 rings (SSSR count). The van der Waals surface area contributed by atoms with Crippen LogP contribution in [0.1, 0.15) is 33.4 Å². The summed E-state index contributed by atoms with van der Waals surface area (Å²) in [6.45, 7) is 10.6. The van der Waals surface area contributed by atoms with E-state index in [2.05, 4.69) is 23.8 Å². The Balaban J connectivity index is 2.60. The van der Waals surface area contributed by atoms with Crippen molar-refractivity contribution in [1.29, 1.82) is 0 Å². The molecule has 0 aliphatic carbocycles. The van der Waals surface area contributed by atoms with Crippen molar-refractivity contribution in [2.24, 2.45) is 16.1 Å². The molecular weight excluding hydrogens is 226 g/mol. The molecule has 0 aromatic carbocycles. The van der Waals surface area contributed by atoms with E-state index in [0.29, 0.717) is 18.2 Å². The lowest BCUT2D eigenvalue weighted by Gasteiger charge is -2.26. The van der Waals surface area contributed by atoms with Gasteiger partial charge in [-0.25, -0.2) is 0 Å². The van der Waals surface area contributed by atoms with Gasteiger partial charge in [0.25, 0.3) is 0 Å². The Morgan fingerprint density at radius 2 is 2.17 bits per heavy atom. The van der Waals surface area contributed by atoms with Crippen molar-refractivity contribution < 1.29 is 4.74 Å². The van der Waals surface area contributed by atoms with E-state index in [9.17, 15) is 0 Å². The van der Waals surface area contributed by atoms with Gasteiger partial charge >= 0.3 is 0 Å². The largest absolute Gasteiger partial charge is 0.442 e. The summed E-state index contributed by atoms with van der Waals surface area (Å²) in [6.07, 6.45) is 1.70. The molecule has 1 atom stereocenters. The van der Waals surface area contributed by atoms with Crippen LogP contribution in [0.2, 0.25) is 0 Å². The SMILES string of the molecule is C/C(=N\CC(C)(C)[C@@H](C)N)Oc1ccc(C)nc1. The number of aliphatic imine (C=N–C) groups is 1. The van der Waals surface area contributed by atoms with E-state index in [4.69, 9.17) is 10.5 Å². The summed E-state index contributed by atoms with van der Waals surface area (Å²) < 4.78 is 5.59. The van der Waals surface area contributed by atoms with Crippen molar-refractivity contribution >= 4 is 5.90 Å². The molecule has 0 saturated carbocycles. The minimum atomic E-state index is -0.0316. The average Bonchev–Trinajstić information content (AvgIpc) is 2.29. The van der Waals surface area contributed by atoms with Gasteiger partial charge in [0.2, 0.25) is 0 Å². The number of aromatic nitrogens is 1. The van der Waals surface area contributed by atoms with Crippen LogP contribution in [0.3, 0.4) is 0 Å². The summed E-state index contributed by atoms with van der Waals surface area (Å²) in [5.41, 5.74) is 6.84. The van der Waals surface area contributed by atoms with E-state index >= 15 is 0 Å². The Hall–Kier alpha value is -1.42. The Bertz CT molecular complexity index is 408. The third-order valence-corrected chi connectivity index (χ3v) is 3.09. The van der Waals surface area contributed by atoms with Crippen LogP contribution in [-0.4, -0.2) is 23.5 Å². The van der Waals surface area contributed by atoms with Gasteiger partial charge in [-0.05, 0) is 31.4 Å². The summed E-state index contributed by atoms with van der Waals surface area (Å²) in [7, 11) is 0. The minimum absolute atomic E-state index is 0.0316. The molecule has 2 N–H and O–H groups in total. The van der Waals surface area contributed by atoms with E-state index in [1.807, 2.05) is 32.9 Å². The van der Waals surface area contributed by atoms with Crippen molar-refractivity contribution in [2.45, 2.75) is 40.7 Å². The highest BCUT2D eigenvalue weighted by molar-refractivity contribution is 5.75. The number of hydrogen-bond donors (Lipinski definition) is 1. The first-order chi connectivity index (χ1) is 8.31. The monoisotopic (exact) mass is 249 g/mol. The molecule has 4 heteroatoms. The first-order valence-corrected chi connectivity index (χ1v) is 6.18. The van der Waals surface area contributed by atoms with E-state index < -0.39 is 0 Å². The van der Waals surface area contributed by atoms with Crippen LogP contribution in [0.5, 0.6) is 5.75 Å². The molecule has 0 unspecified atom stereocenters. The third kappa shape index (κ3) is 4.45. The van der Waals surface area contributed by atoms with Gasteiger partial charge in [-0.2, -0.15) is 0 Å². The van der Waals surface area contributed by atoms with Gasteiger partial charge in [0, 0.05) is 25.2 Å². The maximum absolute atomic E-state index is 5.91. The zero-order chi connectivity index (χ0) is 13.8. The molecule has 0 spiro atoms. The number of nitrogens with zero attached hydrogens (tertiary/aromatic N) is 2. The fourth-order valence-corrected chi connectivity index (χ4v) is 1.18. The number of hydrogen-bond acceptors (Lipinski definition) is 4. The lowest BCUT2D eigenvalue weighted by Crippen LogP contribution is -2.37.